The Morgan fingerprint density at radius 1 is 1.52 bits per heavy atom. The van der Waals surface area contributed by atoms with Gasteiger partial charge >= 0.3 is 0 Å². The minimum Gasteiger partial charge on any atom is -0.373 e. The van der Waals surface area contributed by atoms with Gasteiger partial charge in [-0.25, -0.2) is 0 Å². The molecule has 128 valence electrons. The first-order valence-corrected chi connectivity index (χ1v) is 8.93. The zero-order valence-electron chi connectivity index (χ0n) is 13.8. The van der Waals surface area contributed by atoms with E-state index in [-0.39, 0.29) is 12.0 Å². The third-order valence-electron chi connectivity index (χ3n) is 4.14. The first kappa shape index (κ1) is 18.2. The lowest BCUT2D eigenvalue weighted by Crippen LogP contribution is -2.34. The number of hydrogen-bond donors (Lipinski definition) is 2. The normalized spacial score (nSPS) is 19.3. The summed E-state index contributed by atoms with van der Waals surface area (Å²) in [5.74, 6) is 0.472. The molecule has 2 atom stereocenters. The van der Waals surface area contributed by atoms with E-state index in [1.54, 1.807) is 0 Å². The molecular formula is C18H27ClN2O2. The van der Waals surface area contributed by atoms with Crippen LogP contribution in [0.4, 0.5) is 0 Å². The predicted octanol–water partition coefficient (Wildman–Crippen LogP) is 3.31. The fraction of sp³-hybridized carbons (Fsp3) is 0.611. The highest BCUT2D eigenvalue weighted by Crippen LogP contribution is 2.32. The third-order valence-corrected chi connectivity index (χ3v) is 4.37. The van der Waals surface area contributed by atoms with Gasteiger partial charge in [0.1, 0.15) is 0 Å². The maximum Gasteiger partial charge on any atom is 0.222 e. The Labute approximate surface area is 143 Å². The molecule has 0 bridgehead atoms. The summed E-state index contributed by atoms with van der Waals surface area (Å²) < 4.78 is 6.11. The van der Waals surface area contributed by atoms with Gasteiger partial charge in [0.25, 0.3) is 0 Å². The molecule has 0 aliphatic carbocycles. The molecular weight excluding hydrogens is 312 g/mol. The molecule has 4 nitrogen and oxygen atoms in total. The van der Waals surface area contributed by atoms with Crippen LogP contribution in [-0.4, -0.2) is 32.1 Å². The van der Waals surface area contributed by atoms with E-state index in [1.807, 2.05) is 25.1 Å². The average Bonchev–Trinajstić information content (AvgIpc) is 2.57. The van der Waals surface area contributed by atoms with Crippen LogP contribution >= 0.6 is 11.6 Å². The van der Waals surface area contributed by atoms with Crippen LogP contribution in [0, 0.1) is 5.92 Å². The van der Waals surface area contributed by atoms with Crippen molar-refractivity contribution in [1.29, 1.82) is 0 Å². The van der Waals surface area contributed by atoms with Crippen molar-refractivity contribution < 1.29 is 9.53 Å². The van der Waals surface area contributed by atoms with Crippen LogP contribution in [0.3, 0.4) is 0 Å². The van der Waals surface area contributed by atoms with Crippen LogP contribution in [0.2, 0.25) is 5.02 Å². The van der Waals surface area contributed by atoms with E-state index in [0.29, 0.717) is 18.9 Å². The number of nitrogens with one attached hydrogen (secondary N) is 2. The maximum absolute atomic E-state index is 11.7. The van der Waals surface area contributed by atoms with Gasteiger partial charge in [-0.15, -0.1) is 0 Å². The van der Waals surface area contributed by atoms with Crippen molar-refractivity contribution in [2.45, 2.75) is 38.7 Å². The summed E-state index contributed by atoms with van der Waals surface area (Å²) in [6.45, 7) is 5.21. The third kappa shape index (κ3) is 6.13. The quantitative estimate of drug-likeness (QED) is 0.764. The Morgan fingerprint density at radius 2 is 2.39 bits per heavy atom. The first-order chi connectivity index (χ1) is 11.2. The summed E-state index contributed by atoms with van der Waals surface area (Å²) >= 11 is 6.13. The van der Waals surface area contributed by atoms with E-state index in [0.717, 1.165) is 49.5 Å². The summed E-state index contributed by atoms with van der Waals surface area (Å²) in [4.78, 5) is 11.7. The Hall–Kier alpha value is -1.10. The largest absolute Gasteiger partial charge is 0.373 e. The van der Waals surface area contributed by atoms with Gasteiger partial charge in [-0.1, -0.05) is 30.7 Å². The van der Waals surface area contributed by atoms with E-state index in [2.05, 4.69) is 16.7 Å². The van der Waals surface area contributed by atoms with Crippen molar-refractivity contribution >= 4 is 17.5 Å². The van der Waals surface area contributed by atoms with Gasteiger partial charge in [0, 0.05) is 30.5 Å². The molecule has 2 rings (SSSR count). The maximum atomic E-state index is 11.7. The van der Waals surface area contributed by atoms with Crippen LogP contribution in [-0.2, 0) is 9.53 Å². The minimum absolute atomic E-state index is 0.0134. The topological polar surface area (TPSA) is 50.4 Å². The molecule has 1 aromatic carbocycles. The van der Waals surface area contributed by atoms with Gasteiger partial charge in [-0.05, 0) is 43.5 Å². The molecule has 0 spiro atoms. The second-order valence-electron chi connectivity index (χ2n) is 6.05. The van der Waals surface area contributed by atoms with Gasteiger partial charge in [-0.3, -0.25) is 4.79 Å². The molecule has 1 aliphatic heterocycles. The molecule has 0 aromatic heterocycles. The lowest BCUT2D eigenvalue weighted by atomic mass is 9.89. The molecule has 2 N–H and O–H groups in total. The van der Waals surface area contributed by atoms with Crippen molar-refractivity contribution in [2.75, 3.05) is 26.2 Å². The Bertz CT molecular complexity index is 490. The number of halogens is 1. The zero-order chi connectivity index (χ0) is 16.5. The highest BCUT2D eigenvalue weighted by Gasteiger charge is 2.26. The number of carbonyl (C=O) groups is 1. The fourth-order valence-electron chi connectivity index (χ4n) is 2.96. The van der Waals surface area contributed by atoms with Crippen LogP contribution < -0.4 is 10.6 Å². The number of amides is 1. The Balaban J connectivity index is 1.95. The van der Waals surface area contributed by atoms with Crippen molar-refractivity contribution in [3.8, 4) is 0 Å². The minimum atomic E-state index is -0.0134. The van der Waals surface area contributed by atoms with Crippen molar-refractivity contribution in [3.05, 3.63) is 34.9 Å². The predicted molar refractivity (Wildman–Crippen MR) is 93.7 cm³/mol. The molecule has 5 heteroatoms. The molecule has 1 saturated heterocycles. The number of hydrogen-bond acceptors (Lipinski definition) is 3. The number of benzene rings is 1. The van der Waals surface area contributed by atoms with E-state index in [4.69, 9.17) is 16.3 Å². The number of rotatable bonds is 8. The summed E-state index contributed by atoms with van der Waals surface area (Å²) in [7, 11) is 0. The van der Waals surface area contributed by atoms with Gasteiger partial charge in [0.2, 0.25) is 5.91 Å². The highest BCUT2D eigenvalue weighted by molar-refractivity contribution is 6.30. The van der Waals surface area contributed by atoms with Crippen LogP contribution in [0.25, 0.3) is 0 Å². The van der Waals surface area contributed by atoms with Gasteiger partial charge in [-0.2, -0.15) is 0 Å². The first-order valence-electron chi connectivity index (χ1n) is 8.55. The molecule has 1 amide bonds. The molecule has 1 aliphatic rings. The lowest BCUT2D eigenvalue weighted by molar-refractivity contribution is -0.123. The van der Waals surface area contributed by atoms with E-state index >= 15 is 0 Å². The van der Waals surface area contributed by atoms with Gasteiger partial charge < -0.3 is 15.4 Å². The summed E-state index contributed by atoms with van der Waals surface area (Å²) in [5.41, 5.74) is 1.10. The average molecular weight is 339 g/mol. The van der Waals surface area contributed by atoms with Crippen molar-refractivity contribution in [2.24, 2.45) is 5.92 Å². The number of ether oxygens (including phenoxy) is 1. The standard InChI is InChI=1S/C18H27ClN2O2/c1-2-9-21-17(22)8-11-23-18(15-6-4-10-20-13-15)14-5-3-7-16(19)12-14/h3,5,7,12,15,18,20H,2,4,6,8-11,13H2,1H3,(H,21,22)/t15-,18+/m1/s1. The number of piperidine rings is 1. The molecule has 0 saturated carbocycles. The summed E-state index contributed by atoms with van der Waals surface area (Å²) in [6, 6.07) is 7.86. The second-order valence-corrected chi connectivity index (χ2v) is 6.49. The van der Waals surface area contributed by atoms with Crippen molar-refractivity contribution in [3.63, 3.8) is 0 Å². The highest BCUT2D eigenvalue weighted by atomic mass is 35.5. The summed E-state index contributed by atoms with van der Waals surface area (Å²) in [5, 5.41) is 7.04. The molecule has 1 fully saturated rings. The Kier molecular flexibility index (Phi) is 7.86. The van der Waals surface area contributed by atoms with Crippen LogP contribution in [0.1, 0.15) is 44.3 Å². The van der Waals surface area contributed by atoms with Crippen LogP contribution in [0.5, 0.6) is 0 Å². The second kappa shape index (κ2) is 9.91. The Morgan fingerprint density at radius 3 is 3.09 bits per heavy atom. The smallest absolute Gasteiger partial charge is 0.222 e. The van der Waals surface area contributed by atoms with E-state index < -0.39 is 0 Å². The van der Waals surface area contributed by atoms with Crippen molar-refractivity contribution in [1.82, 2.24) is 10.6 Å². The molecule has 1 aromatic rings. The van der Waals surface area contributed by atoms with E-state index in [9.17, 15) is 4.79 Å². The fourth-order valence-corrected chi connectivity index (χ4v) is 3.16. The molecule has 1 heterocycles. The monoisotopic (exact) mass is 338 g/mol. The van der Waals surface area contributed by atoms with Gasteiger partial charge in [0.15, 0.2) is 0 Å². The molecule has 0 unspecified atom stereocenters. The SMILES string of the molecule is CCCNC(=O)CCO[C@@H](c1cccc(Cl)c1)[C@@H]1CCCNC1. The lowest BCUT2D eigenvalue weighted by Gasteiger charge is -2.31. The zero-order valence-corrected chi connectivity index (χ0v) is 14.6. The van der Waals surface area contributed by atoms with Crippen LogP contribution in [0.15, 0.2) is 24.3 Å². The molecule has 23 heavy (non-hydrogen) atoms. The molecule has 0 radical (unpaired) electrons. The summed E-state index contributed by atoms with van der Waals surface area (Å²) in [6.07, 6.45) is 3.62. The number of carbonyl (C=O) groups excluding carboxylic acids is 1. The van der Waals surface area contributed by atoms with E-state index in [1.165, 1.54) is 0 Å². The van der Waals surface area contributed by atoms with Gasteiger partial charge in [0.05, 0.1) is 12.7 Å².